The van der Waals surface area contributed by atoms with E-state index in [1.807, 2.05) is 24.3 Å². The van der Waals surface area contributed by atoms with Crippen LogP contribution in [0.5, 0.6) is 5.75 Å². The molecule has 0 radical (unpaired) electrons. The zero-order valence-electron chi connectivity index (χ0n) is 15.2. The van der Waals surface area contributed by atoms with Crippen molar-refractivity contribution in [1.29, 1.82) is 0 Å². The highest BCUT2D eigenvalue weighted by molar-refractivity contribution is 5.80. The lowest BCUT2D eigenvalue weighted by Gasteiger charge is -2.07. The van der Waals surface area contributed by atoms with Crippen LogP contribution >= 0.6 is 0 Å². The quantitative estimate of drug-likeness (QED) is 0.462. The van der Waals surface area contributed by atoms with Crippen molar-refractivity contribution in [3.05, 3.63) is 50.7 Å². The Hall–Kier alpha value is -3.40. The third kappa shape index (κ3) is 3.75. The molecular formula is C17H20N6O4. The highest BCUT2D eigenvalue weighted by Gasteiger charge is 2.16. The van der Waals surface area contributed by atoms with Gasteiger partial charge in [0.05, 0.1) is 19.9 Å². The van der Waals surface area contributed by atoms with Gasteiger partial charge < -0.3 is 14.0 Å². The van der Waals surface area contributed by atoms with Crippen LogP contribution in [0, 0.1) is 0 Å². The number of nitrogens with zero attached hydrogens (tertiary/aromatic N) is 4. The molecule has 0 fully saturated rings. The van der Waals surface area contributed by atoms with Crippen molar-refractivity contribution in [3.8, 4) is 5.75 Å². The van der Waals surface area contributed by atoms with Gasteiger partial charge in [0.25, 0.3) is 5.56 Å². The Kier molecular flexibility index (Phi) is 5.36. The summed E-state index contributed by atoms with van der Waals surface area (Å²) in [6.07, 6.45) is 1.61. The van der Waals surface area contributed by atoms with Gasteiger partial charge in [-0.3, -0.25) is 14.3 Å². The number of benzene rings is 1. The lowest BCUT2D eigenvalue weighted by atomic mass is 10.2. The molecule has 0 aliphatic carbocycles. The minimum absolute atomic E-state index is 0.266. The number of fused-ring (bicyclic) bond motifs is 1. The lowest BCUT2D eigenvalue weighted by Crippen LogP contribution is -2.29. The number of H-pyrrole nitrogens is 1. The summed E-state index contributed by atoms with van der Waals surface area (Å²) in [7, 11) is 4.71. The maximum Gasteiger partial charge on any atom is 0.329 e. The van der Waals surface area contributed by atoms with E-state index in [9.17, 15) is 9.59 Å². The molecule has 0 bridgehead atoms. The largest absolute Gasteiger partial charge is 0.497 e. The van der Waals surface area contributed by atoms with Crippen LogP contribution in [0.1, 0.15) is 5.56 Å². The summed E-state index contributed by atoms with van der Waals surface area (Å²) in [4.78, 5) is 30.7. The van der Waals surface area contributed by atoms with Gasteiger partial charge in [-0.1, -0.05) is 0 Å². The molecule has 2 aromatic heterocycles. The highest BCUT2D eigenvalue weighted by Crippen LogP contribution is 2.15. The number of rotatable bonds is 7. The average molecular weight is 372 g/mol. The molecule has 27 heavy (non-hydrogen) atoms. The number of nitrogens with one attached hydrogen (secondary N) is 2. The number of ether oxygens (including phenoxy) is 2. The van der Waals surface area contributed by atoms with E-state index in [4.69, 9.17) is 9.47 Å². The smallest absolute Gasteiger partial charge is 0.329 e. The van der Waals surface area contributed by atoms with Gasteiger partial charge in [-0.05, 0) is 29.8 Å². The SMILES string of the molecule is COCCn1c(NN=Cc2ccc(OC)cc2)nc2c1c(=O)[nH]c(=O)n2C. The summed E-state index contributed by atoms with van der Waals surface area (Å²) in [6, 6.07) is 7.35. The molecule has 0 aliphatic heterocycles. The van der Waals surface area contributed by atoms with Crippen molar-refractivity contribution in [1.82, 2.24) is 19.1 Å². The number of aromatic nitrogens is 4. The van der Waals surface area contributed by atoms with Crippen LogP contribution in [0.15, 0.2) is 39.0 Å². The fourth-order valence-electron chi connectivity index (χ4n) is 2.57. The number of aryl methyl sites for hydroxylation is 1. The van der Waals surface area contributed by atoms with Gasteiger partial charge in [-0.2, -0.15) is 10.1 Å². The van der Waals surface area contributed by atoms with E-state index in [0.29, 0.717) is 19.1 Å². The summed E-state index contributed by atoms with van der Waals surface area (Å²) in [5, 5.41) is 4.17. The summed E-state index contributed by atoms with van der Waals surface area (Å²) >= 11 is 0. The number of aromatic amines is 1. The van der Waals surface area contributed by atoms with Crippen molar-refractivity contribution in [2.45, 2.75) is 6.54 Å². The molecule has 142 valence electrons. The number of hydrazone groups is 1. The Bertz CT molecular complexity index is 1080. The van der Waals surface area contributed by atoms with Gasteiger partial charge in [-0.25, -0.2) is 10.2 Å². The minimum Gasteiger partial charge on any atom is -0.497 e. The van der Waals surface area contributed by atoms with Gasteiger partial charge in [0, 0.05) is 20.7 Å². The first-order valence-electron chi connectivity index (χ1n) is 8.16. The monoisotopic (exact) mass is 372 g/mol. The standard InChI is InChI=1S/C17H20N6O4/c1-22-14-13(15(24)20-17(22)25)23(8-9-26-2)16(19-14)21-18-10-11-4-6-12(27-3)7-5-11/h4-7,10H,8-9H2,1-3H3,(H,19,21)(H,20,24,25). The van der Waals surface area contributed by atoms with Crippen LogP contribution in [-0.4, -0.2) is 46.1 Å². The second-order valence-corrected chi connectivity index (χ2v) is 5.71. The van der Waals surface area contributed by atoms with Crippen molar-refractivity contribution in [2.75, 3.05) is 26.3 Å². The summed E-state index contributed by atoms with van der Waals surface area (Å²) in [6.45, 7) is 0.735. The molecule has 0 aliphatic rings. The predicted molar refractivity (Wildman–Crippen MR) is 102 cm³/mol. The summed E-state index contributed by atoms with van der Waals surface area (Å²) in [5.74, 6) is 1.08. The second-order valence-electron chi connectivity index (χ2n) is 5.71. The molecule has 3 aromatic rings. The Morgan fingerprint density at radius 3 is 2.67 bits per heavy atom. The van der Waals surface area contributed by atoms with Gasteiger partial charge >= 0.3 is 5.69 Å². The van der Waals surface area contributed by atoms with Crippen molar-refractivity contribution in [3.63, 3.8) is 0 Å². The Labute approximate surface area is 154 Å². The topological polar surface area (TPSA) is 116 Å². The van der Waals surface area contributed by atoms with Crippen LogP contribution < -0.4 is 21.4 Å². The Morgan fingerprint density at radius 2 is 2.00 bits per heavy atom. The van der Waals surface area contributed by atoms with E-state index in [2.05, 4.69) is 20.5 Å². The zero-order valence-corrected chi connectivity index (χ0v) is 15.2. The van der Waals surface area contributed by atoms with Gasteiger partial charge in [0.2, 0.25) is 5.95 Å². The molecule has 0 spiro atoms. The molecule has 0 amide bonds. The first-order valence-corrected chi connectivity index (χ1v) is 8.16. The van der Waals surface area contributed by atoms with Crippen LogP contribution in [0.25, 0.3) is 11.2 Å². The minimum atomic E-state index is -0.530. The Morgan fingerprint density at radius 1 is 1.26 bits per heavy atom. The molecule has 1 aromatic carbocycles. The molecule has 10 heteroatoms. The molecule has 0 saturated heterocycles. The van der Waals surface area contributed by atoms with E-state index in [0.717, 1.165) is 11.3 Å². The molecule has 0 atom stereocenters. The van der Waals surface area contributed by atoms with Gasteiger partial charge in [-0.15, -0.1) is 0 Å². The maximum atomic E-state index is 12.3. The van der Waals surface area contributed by atoms with Crippen LogP contribution in [0.4, 0.5) is 5.95 Å². The van der Waals surface area contributed by atoms with Crippen LogP contribution in [-0.2, 0) is 18.3 Å². The van der Waals surface area contributed by atoms with Crippen molar-refractivity contribution in [2.24, 2.45) is 12.1 Å². The molecule has 2 N–H and O–H groups in total. The normalized spacial score (nSPS) is 11.4. The number of anilines is 1. The predicted octanol–water partition coefficient (Wildman–Crippen LogP) is 0.524. The molecule has 10 nitrogen and oxygen atoms in total. The summed E-state index contributed by atoms with van der Waals surface area (Å²) < 4.78 is 13.1. The van der Waals surface area contributed by atoms with E-state index < -0.39 is 11.2 Å². The number of hydrogen-bond acceptors (Lipinski definition) is 7. The highest BCUT2D eigenvalue weighted by atomic mass is 16.5. The molecule has 3 rings (SSSR count). The van der Waals surface area contributed by atoms with Gasteiger partial charge in [0.15, 0.2) is 11.2 Å². The fourth-order valence-corrected chi connectivity index (χ4v) is 2.57. The summed E-state index contributed by atoms with van der Waals surface area (Å²) in [5.41, 5.74) is 3.18. The third-order valence-electron chi connectivity index (χ3n) is 4.02. The van der Waals surface area contributed by atoms with Gasteiger partial charge in [0.1, 0.15) is 5.75 Å². The molecule has 2 heterocycles. The van der Waals surface area contributed by atoms with Crippen molar-refractivity contribution < 1.29 is 9.47 Å². The number of imidazole rings is 1. The van der Waals surface area contributed by atoms with Crippen LogP contribution in [0.3, 0.4) is 0 Å². The van der Waals surface area contributed by atoms with Crippen LogP contribution in [0.2, 0.25) is 0 Å². The Balaban J connectivity index is 1.95. The van der Waals surface area contributed by atoms with E-state index in [-0.39, 0.29) is 11.2 Å². The zero-order chi connectivity index (χ0) is 19.4. The van der Waals surface area contributed by atoms with E-state index >= 15 is 0 Å². The first kappa shape index (κ1) is 18.4. The van der Waals surface area contributed by atoms with Crippen molar-refractivity contribution >= 4 is 23.3 Å². The molecular weight excluding hydrogens is 352 g/mol. The lowest BCUT2D eigenvalue weighted by molar-refractivity contribution is 0.188. The number of methoxy groups -OCH3 is 2. The first-order chi connectivity index (χ1) is 13.0. The third-order valence-corrected chi connectivity index (χ3v) is 4.02. The van der Waals surface area contributed by atoms with E-state index in [1.165, 1.54) is 4.57 Å². The average Bonchev–Trinajstić information content (AvgIpc) is 3.04. The molecule has 0 unspecified atom stereocenters. The second kappa shape index (κ2) is 7.87. The number of hydrogen-bond donors (Lipinski definition) is 2. The molecule has 0 saturated carbocycles. The maximum absolute atomic E-state index is 12.3. The van der Waals surface area contributed by atoms with E-state index in [1.54, 1.807) is 32.0 Å². The fraction of sp³-hybridized carbons (Fsp3) is 0.294.